The summed E-state index contributed by atoms with van der Waals surface area (Å²) in [5, 5.41) is 26.6. The van der Waals surface area contributed by atoms with Gasteiger partial charge >= 0.3 is 0 Å². The molecule has 0 aromatic carbocycles. The van der Waals surface area contributed by atoms with Gasteiger partial charge in [-0.2, -0.15) is 0 Å². The highest BCUT2D eigenvalue weighted by Gasteiger charge is 2.78. The van der Waals surface area contributed by atoms with Crippen LogP contribution in [0.25, 0.3) is 0 Å². The Morgan fingerprint density at radius 1 is 0.780 bits per heavy atom. The number of aliphatic hydroxyl groups is 2. The molecule has 0 aromatic rings. The van der Waals surface area contributed by atoms with Crippen LogP contribution in [0.2, 0.25) is 36.3 Å². The summed E-state index contributed by atoms with van der Waals surface area (Å²) in [4.78, 5) is 0. The predicted molar refractivity (Wildman–Crippen MR) is 176 cm³/mol. The van der Waals surface area contributed by atoms with E-state index in [0.717, 1.165) is 19.3 Å². The molecule has 1 fully saturated rings. The lowest BCUT2D eigenvalue weighted by Gasteiger charge is -2.72. The maximum atomic E-state index is 13.3. The van der Waals surface area contributed by atoms with Gasteiger partial charge in [-0.15, -0.1) is 0 Å². The van der Waals surface area contributed by atoms with Crippen molar-refractivity contribution in [3.63, 3.8) is 0 Å². The first-order valence-electron chi connectivity index (χ1n) is 16.1. The van der Waals surface area contributed by atoms with Crippen molar-refractivity contribution in [1.82, 2.24) is 0 Å². The predicted octanol–water partition coefficient (Wildman–Crippen LogP) is 8.10. The van der Waals surface area contributed by atoms with E-state index < -0.39 is 38.7 Å². The molecule has 0 amide bonds. The minimum absolute atomic E-state index is 0.0131. The highest BCUT2D eigenvalue weighted by Crippen LogP contribution is 2.69. The molecule has 5 nitrogen and oxygen atoms in total. The van der Waals surface area contributed by atoms with E-state index in [-0.39, 0.29) is 47.1 Å². The summed E-state index contributed by atoms with van der Waals surface area (Å²) in [6, 6.07) is 0. The van der Waals surface area contributed by atoms with Gasteiger partial charge in [-0.1, -0.05) is 106 Å². The van der Waals surface area contributed by atoms with Gasteiger partial charge in [0.25, 0.3) is 0 Å². The molecule has 2 N–H and O–H groups in total. The maximum Gasteiger partial charge on any atom is 0.192 e. The fourth-order valence-corrected chi connectivity index (χ4v) is 9.21. The van der Waals surface area contributed by atoms with Crippen LogP contribution in [0, 0.1) is 28.1 Å². The van der Waals surface area contributed by atoms with E-state index in [2.05, 4.69) is 120 Å². The lowest BCUT2D eigenvalue weighted by molar-refractivity contribution is -0.348. The zero-order chi connectivity index (χ0) is 31.6. The van der Waals surface area contributed by atoms with E-state index in [0.29, 0.717) is 6.61 Å². The average Bonchev–Trinajstić information content (AvgIpc) is 2.79. The summed E-state index contributed by atoms with van der Waals surface area (Å²) in [6.07, 6.45) is 11.9. The molecule has 1 saturated heterocycles. The normalized spacial score (nSPS) is 36.4. The minimum atomic E-state index is -2.27. The number of ether oxygens (including phenoxy) is 1. The van der Waals surface area contributed by atoms with E-state index in [1.54, 1.807) is 0 Å². The van der Waals surface area contributed by atoms with Crippen LogP contribution in [0.15, 0.2) is 24.3 Å². The second-order valence-corrected chi connectivity index (χ2v) is 27.3. The molecule has 0 unspecified atom stereocenters. The largest absolute Gasteiger partial charge is 0.416 e. The number of hydrogen-bond donors (Lipinski definition) is 2. The molecule has 2 aliphatic carbocycles. The fraction of sp³-hybridized carbons (Fsp3) is 0.882. The van der Waals surface area contributed by atoms with E-state index in [1.807, 2.05) is 0 Å². The SMILES string of the molecule is CCCC[C@@H]1C=C[C@]2(CO[Si](C)(C)C(C)(C)C)C=C[C@H](C(C)(C)C)[C@@]3(O)COC[C@]1(O)[C@]23CO[Si](C)(C)C(C)(C)C. The lowest BCUT2D eigenvalue weighted by atomic mass is 9.38. The van der Waals surface area contributed by atoms with Crippen LogP contribution < -0.4 is 0 Å². The third-order valence-electron chi connectivity index (χ3n) is 12.0. The second kappa shape index (κ2) is 11.0. The van der Waals surface area contributed by atoms with E-state index in [4.69, 9.17) is 13.6 Å². The van der Waals surface area contributed by atoms with E-state index >= 15 is 0 Å². The Kier molecular flexibility index (Phi) is 9.40. The van der Waals surface area contributed by atoms with Gasteiger partial charge in [-0.3, -0.25) is 0 Å². The molecule has 0 radical (unpaired) electrons. The molecule has 0 spiro atoms. The molecule has 0 aromatic heterocycles. The van der Waals surface area contributed by atoms with Gasteiger partial charge in [0.2, 0.25) is 0 Å². The van der Waals surface area contributed by atoms with Crippen molar-refractivity contribution in [2.24, 2.45) is 28.1 Å². The van der Waals surface area contributed by atoms with Crippen molar-refractivity contribution in [2.45, 2.75) is 136 Å². The Bertz CT molecular complexity index is 1000. The highest BCUT2D eigenvalue weighted by atomic mass is 28.4. The molecule has 238 valence electrons. The zero-order valence-electron chi connectivity index (χ0n) is 29.0. The van der Waals surface area contributed by atoms with Crippen LogP contribution >= 0.6 is 0 Å². The molecule has 3 aliphatic rings. The summed E-state index contributed by atoms with van der Waals surface area (Å²) in [5.74, 6) is -0.380. The van der Waals surface area contributed by atoms with Gasteiger partial charge in [0, 0.05) is 30.5 Å². The monoisotopic (exact) mass is 608 g/mol. The smallest absolute Gasteiger partial charge is 0.192 e. The molecule has 0 bridgehead atoms. The Balaban J connectivity index is 2.37. The molecule has 1 aliphatic heterocycles. The molecular weight excluding hydrogens is 545 g/mol. The van der Waals surface area contributed by atoms with Crippen LogP contribution in [0.4, 0.5) is 0 Å². The highest BCUT2D eigenvalue weighted by molar-refractivity contribution is 6.74. The summed E-state index contributed by atoms with van der Waals surface area (Å²) in [7, 11) is -4.43. The van der Waals surface area contributed by atoms with Crippen molar-refractivity contribution in [1.29, 1.82) is 0 Å². The Labute approximate surface area is 254 Å². The van der Waals surface area contributed by atoms with Crippen molar-refractivity contribution < 1.29 is 23.8 Å². The van der Waals surface area contributed by atoms with E-state index in [1.165, 1.54) is 0 Å². The minimum Gasteiger partial charge on any atom is -0.416 e. The van der Waals surface area contributed by atoms with Gasteiger partial charge in [0.15, 0.2) is 16.6 Å². The molecular formula is C34H64O5Si2. The van der Waals surface area contributed by atoms with Gasteiger partial charge in [0.1, 0.15) is 11.2 Å². The second-order valence-electron chi connectivity index (χ2n) is 17.7. The Morgan fingerprint density at radius 3 is 1.76 bits per heavy atom. The van der Waals surface area contributed by atoms with Gasteiger partial charge in [-0.05, 0) is 48.1 Å². The number of unbranched alkanes of at least 4 members (excludes halogenated alkanes) is 1. The lowest BCUT2D eigenvalue weighted by Crippen LogP contribution is -2.83. The van der Waals surface area contributed by atoms with Crippen LogP contribution in [0.3, 0.4) is 0 Å². The molecule has 6 atom stereocenters. The molecule has 3 rings (SSSR count). The summed E-state index contributed by atoms with van der Waals surface area (Å²) in [5.41, 5.74) is -4.74. The van der Waals surface area contributed by atoms with Crippen molar-refractivity contribution >= 4 is 16.6 Å². The van der Waals surface area contributed by atoms with Gasteiger partial charge < -0.3 is 23.8 Å². The van der Waals surface area contributed by atoms with Crippen molar-refractivity contribution in [2.75, 3.05) is 26.4 Å². The van der Waals surface area contributed by atoms with Crippen LogP contribution in [-0.4, -0.2) is 64.5 Å². The third kappa shape index (κ3) is 5.57. The fourth-order valence-electron chi connectivity index (χ4n) is 7.17. The topological polar surface area (TPSA) is 68.2 Å². The van der Waals surface area contributed by atoms with Crippen molar-refractivity contribution in [3.05, 3.63) is 24.3 Å². The number of hydrogen-bond acceptors (Lipinski definition) is 5. The van der Waals surface area contributed by atoms with E-state index in [9.17, 15) is 10.2 Å². The average molecular weight is 609 g/mol. The Hall–Kier alpha value is -0.286. The van der Waals surface area contributed by atoms with Crippen LogP contribution in [-0.2, 0) is 13.6 Å². The van der Waals surface area contributed by atoms with Gasteiger partial charge in [-0.25, -0.2) is 0 Å². The Morgan fingerprint density at radius 2 is 1.27 bits per heavy atom. The van der Waals surface area contributed by atoms with Gasteiger partial charge in [0.05, 0.1) is 18.6 Å². The summed E-state index contributed by atoms with van der Waals surface area (Å²) >= 11 is 0. The molecule has 7 heteroatoms. The first-order valence-corrected chi connectivity index (χ1v) is 21.9. The van der Waals surface area contributed by atoms with Crippen LogP contribution in [0.1, 0.15) is 88.5 Å². The quantitative estimate of drug-likeness (QED) is 0.204. The number of rotatable bonds is 9. The zero-order valence-corrected chi connectivity index (χ0v) is 31.0. The molecule has 41 heavy (non-hydrogen) atoms. The third-order valence-corrected chi connectivity index (χ3v) is 20.9. The molecule has 0 saturated carbocycles. The molecule has 1 heterocycles. The summed E-state index contributed by atoms with van der Waals surface area (Å²) < 4.78 is 20.5. The first-order chi connectivity index (χ1) is 18.4. The maximum absolute atomic E-state index is 13.3. The van der Waals surface area contributed by atoms with Crippen molar-refractivity contribution in [3.8, 4) is 0 Å². The summed E-state index contributed by atoms with van der Waals surface area (Å²) in [6.45, 7) is 32.4. The standard InChI is InChI=1S/C34H64O5Si2/c1-15-16-17-26-18-20-31(22-38-40(11,12)29(5,6)7)21-19-27(28(2,3)4)33(36)24-37-23-32(26,35)34(31,33)25-39-41(13,14)30(8,9)10/h18-21,26-27,35-36H,15-17,22-25H2,1-14H3/t26-,27-,31-,32-,33+,34+/m1/s1. The van der Waals surface area contributed by atoms with Crippen LogP contribution in [0.5, 0.6) is 0 Å². The first kappa shape index (κ1) is 35.2.